The van der Waals surface area contributed by atoms with E-state index in [1.165, 1.54) is 12.8 Å². The van der Waals surface area contributed by atoms with Gasteiger partial charge in [-0.1, -0.05) is 6.07 Å². The molecule has 0 saturated carbocycles. The average Bonchev–Trinajstić information content (AvgIpc) is 3.09. The number of thiophene rings is 1. The fraction of sp³-hybridized carbons (Fsp3) is 0.500. The lowest BCUT2D eigenvalue weighted by molar-refractivity contribution is 0.169. The number of nitrogens with two attached hydrogens (primary N) is 1. The number of oxazole rings is 1. The number of nitrogens with zero attached hydrogens (tertiary/aromatic N) is 2. The van der Waals surface area contributed by atoms with E-state index in [4.69, 9.17) is 10.2 Å². The van der Waals surface area contributed by atoms with Crippen molar-refractivity contribution in [2.75, 3.05) is 19.6 Å². The summed E-state index contributed by atoms with van der Waals surface area (Å²) in [5.41, 5.74) is 6.78. The second kappa shape index (κ2) is 8.76. The Morgan fingerprint density at radius 1 is 1.43 bits per heavy atom. The zero-order chi connectivity index (χ0) is 13.1. The third-order valence-electron chi connectivity index (χ3n) is 3.61. The Morgan fingerprint density at radius 2 is 2.29 bits per heavy atom. The molecule has 0 aromatic carbocycles. The highest BCUT2D eigenvalue weighted by atomic mass is 35.5. The summed E-state index contributed by atoms with van der Waals surface area (Å²) in [7, 11) is 0. The molecule has 1 unspecified atom stereocenters. The summed E-state index contributed by atoms with van der Waals surface area (Å²) in [6, 6.07) is 4.05. The van der Waals surface area contributed by atoms with E-state index in [-0.39, 0.29) is 24.8 Å². The van der Waals surface area contributed by atoms with Crippen LogP contribution in [0.25, 0.3) is 10.8 Å². The van der Waals surface area contributed by atoms with E-state index in [0.717, 1.165) is 42.6 Å². The fourth-order valence-electron chi connectivity index (χ4n) is 2.61. The van der Waals surface area contributed by atoms with Gasteiger partial charge in [0, 0.05) is 13.1 Å². The van der Waals surface area contributed by atoms with Crippen LogP contribution < -0.4 is 5.73 Å². The topological polar surface area (TPSA) is 55.3 Å². The van der Waals surface area contributed by atoms with Crippen LogP contribution in [0, 0.1) is 5.92 Å². The van der Waals surface area contributed by atoms with Gasteiger partial charge in [-0.15, -0.1) is 36.2 Å². The van der Waals surface area contributed by atoms with Crippen LogP contribution >= 0.6 is 36.2 Å². The van der Waals surface area contributed by atoms with Crippen molar-refractivity contribution in [1.82, 2.24) is 9.88 Å². The van der Waals surface area contributed by atoms with Gasteiger partial charge in [0.25, 0.3) is 0 Å². The molecule has 1 atom stereocenters. The van der Waals surface area contributed by atoms with Crippen molar-refractivity contribution in [3.05, 3.63) is 29.5 Å². The number of piperidine rings is 1. The number of hydrogen-bond acceptors (Lipinski definition) is 5. The van der Waals surface area contributed by atoms with Gasteiger partial charge in [0.2, 0.25) is 5.89 Å². The first-order chi connectivity index (χ1) is 9.35. The first-order valence-corrected chi connectivity index (χ1v) is 7.64. The van der Waals surface area contributed by atoms with Gasteiger partial charge in [0.15, 0.2) is 0 Å². The summed E-state index contributed by atoms with van der Waals surface area (Å²) in [6.45, 7) is 3.87. The molecule has 2 aromatic rings. The summed E-state index contributed by atoms with van der Waals surface area (Å²) < 4.78 is 5.55. The number of halogens is 2. The molecule has 0 aliphatic carbocycles. The molecule has 0 spiro atoms. The summed E-state index contributed by atoms with van der Waals surface area (Å²) in [6.07, 6.45) is 4.27. The molecular weight excluding hydrogens is 329 g/mol. The van der Waals surface area contributed by atoms with Crippen molar-refractivity contribution < 1.29 is 4.42 Å². The Morgan fingerprint density at radius 3 is 3.00 bits per heavy atom. The number of hydrogen-bond donors (Lipinski definition) is 1. The van der Waals surface area contributed by atoms with Crippen LogP contribution in [0.4, 0.5) is 0 Å². The first kappa shape index (κ1) is 18.5. The molecule has 3 rings (SSSR count). The van der Waals surface area contributed by atoms with Crippen molar-refractivity contribution in [2.24, 2.45) is 11.7 Å². The van der Waals surface area contributed by atoms with Gasteiger partial charge in [-0.2, -0.15) is 0 Å². The second-order valence-electron chi connectivity index (χ2n) is 5.10. The largest absolute Gasteiger partial charge is 0.444 e. The zero-order valence-corrected chi connectivity index (χ0v) is 14.2. The van der Waals surface area contributed by atoms with E-state index in [2.05, 4.69) is 9.88 Å². The molecule has 1 fully saturated rings. The van der Waals surface area contributed by atoms with Crippen LogP contribution in [0.5, 0.6) is 0 Å². The molecule has 0 radical (unpaired) electrons. The highest BCUT2D eigenvalue weighted by molar-refractivity contribution is 7.13. The Balaban J connectivity index is 0.00000110. The summed E-state index contributed by atoms with van der Waals surface area (Å²) >= 11 is 1.65. The van der Waals surface area contributed by atoms with Crippen LogP contribution in [-0.2, 0) is 6.54 Å². The molecule has 1 saturated heterocycles. The molecule has 3 heterocycles. The summed E-state index contributed by atoms with van der Waals surface area (Å²) in [5, 5.41) is 2.04. The maximum absolute atomic E-state index is 5.77. The van der Waals surface area contributed by atoms with Gasteiger partial charge < -0.3 is 10.2 Å². The number of rotatable bonds is 4. The molecular formula is C14H21Cl2N3OS. The van der Waals surface area contributed by atoms with Crippen LogP contribution in [0.2, 0.25) is 0 Å². The quantitative estimate of drug-likeness (QED) is 0.918. The third-order valence-corrected chi connectivity index (χ3v) is 4.46. The highest BCUT2D eigenvalue weighted by Gasteiger charge is 2.20. The molecule has 21 heavy (non-hydrogen) atoms. The lowest BCUT2D eigenvalue weighted by atomic mass is 9.98. The zero-order valence-electron chi connectivity index (χ0n) is 11.7. The lowest BCUT2D eigenvalue weighted by Gasteiger charge is -2.31. The normalized spacial score (nSPS) is 18.8. The Bertz CT molecular complexity index is 518. The Labute approximate surface area is 141 Å². The van der Waals surface area contributed by atoms with Gasteiger partial charge in [-0.25, -0.2) is 4.98 Å². The summed E-state index contributed by atoms with van der Waals surface area (Å²) in [5.74, 6) is 1.37. The van der Waals surface area contributed by atoms with Crippen molar-refractivity contribution >= 4 is 36.2 Å². The fourth-order valence-corrected chi connectivity index (χ4v) is 3.26. The minimum Gasteiger partial charge on any atom is -0.444 e. The molecule has 7 heteroatoms. The van der Waals surface area contributed by atoms with Gasteiger partial charge in [-0.3, -0.25) is 4.90 Å². The Hall–Kier alpha value is -0.590. The van der Waals surface area contributed by atoms with Gasteiger partial charge in [-0.05, 0) is 43.3 Å². The van der Waals surface area contributed by atoms with E-state index < -0.39 is 0 Å². The second-order valence-corrected chi connectivity index (χ2v) is 6.05. The van der Waals surface area contributed by atoms with Crippen LogP contribution in [0.3, 0.4) is 0 Å². The van der Waals surface area contributed by atoms with Crippen molar-refractivity contribution in [3.63, 3.8) is 0 Å². The van der Waals surface area contributed by atoms with E-state index in [1.54, 1.807) is 17.6 Å². The van der Waals surface area contributed by atoms with Gasteiger partial charge in [0.05, 0.1) is 10.6 Å². The van der Waals surface area contributed by atoms with Crippen molar-refractivity contribution in [3.8, 4) is 10.8 Å². The van der Waals surface area contributed by atoms with Crippen molar-refractivity contribution in [2.45, 2.75) is 19.4 Å². The molecule has 2 N–H and O–H groups in total. The number of aromatic nitrogens is 1. The molecule has 118 valence electrons. The monoisotopic (exact) mass is 349 g/mol. The first-order valence-electron chi connectivity index (χ1n) is 6.76. The van der Waals surface area contributed by atoms with E-state index in [9.17, 15) is 0 Å². The van der Waals surface area contributed by atoms with E-state index in [0.29, 0.717) is 5.92 Å². The summed E-state index contributed by atoms with van der Waals surface area (Å²) in [4.78, 5) is 8.08. The van der Waals surface area contributed by atoms with Crippen LogP contribution in [0.1, 0.15) is 18.5 Å². The molecule has 4 nitrogen and oxygen atoms in total. The van der Waals surface area contributed by atoms with Crippen molar-refractivity contribution in [1.29, 1.82) is 0 Å². The molecule has 1 aliphatic rings. The smallest absolute Gasteiger partial charge is 0.236 e. The molecule has 1 aliphatic heterocycles. The third kappa shape index (κ3) is 4.69. The number of likely N-dealkylation sites (tertiary alicyclic amines) is 1. The maximum atomic E-state index is 5.77. The molecule has 2 aromatic heterocycles. The predicted molar refractivity (Wildman–Crippen MR) is 91.4 cm³/mol. The van der Waals surface area contributed by atoms with Crippen LogP contribution in [0.15, 0.2) is 28.2 Å². The highest BCUT2D eigenvalue weighted by Crippen LogP contribution is 2.24. The Kier molecular flexibility index (Phi) is 7.70. The minimum absolute atomic E-state index is 0. The van der Waals surface area contributed by atoms with Gasteiger partial charge >= 0.3 is 0 Å². The van der Waals surface area contributed by atoms with Crippen LogP contribution in [-0.4, -0.2) is 29.5 Å². The predicted octanol–water partition coefficient (Wildman–Crippen LogP) is 3.42. The standard InChI is InChI=1S/C14H19N3OS.2ClH/c15-7-11-3-1-5-17(8-11)9-12-10-18-14(16-12)13-4-2-6-19-13;;/h2,4,6,10-11H,1,3,5,7-9,15H2;2*1H. The maximum Gasteiger partial charge on any atom is 0.236 e. The average molecular weight is 350 g/mol. The molecule has 0 amide bonds. The van der Waals surface area contributed by atoms with E-state index >= 15 is 0 Å². The minimum atomic E-state index is 0. The van der Waals surface area contributed by atoms with E-state index in [1.807, 2.05) is 17.5 Å². The molecule has 0 bridgehead atoms. The lowest BCUT2D eigenvalue weighted by Crippen LogP contribution is -2.37. The SMILES string of the molecule is Cl.Cl.NCC1CCCN(Cc2coc(-c3cccs3)n2)C1. The van der Waals surface area contributed by atoms with Gasteiger partial charge in [0.1, 0.15) is 6.26 Å².